The highest BCUT2D eigenvalue weighted by Crippen LogP contribution is 2.24. The summed E-state index contributed by atoms with van der Waals surface area (Å²) in [7, 11) is 4.45. The second-order valence-electron chi connectivity index (χ2n) is 6.35. The second-order valence-corrected chi connectivity index (χ2v) is 6.35. The molecule has 2 fully saturated rings. The summed E-state index contributed by atoms with van der Waals surface area (Å²) in [4.78, 5) is 5.15. The van der Waals surface area contributed by atoms with Crippen molar-refractivity contribution in [3.05, 3.63) is 0 Å². The highest BCUT2D eigenvalue weighted by atomic mass is 15.2. The average Bonchev–Trinajstić information content (AvgIpc) is 2.28. The van der Waals surface area contributed by atoms with Crippen LogP contribution in [0.3, 0.4) is 0 Å². The third-order valence-corrected chi connectivity index (χ3v) is 4.49. The summed E-state index contributed by atoms with van der Waals surface area (Å²) in [6, 6.07) is 2.94. The zero-order valence-corrected chi connectivity index (χ0v) is 11.9. The SMILES string of the molecule is CC1CC(N2CCCC(N(C)C)C2)CC(C)N1. The molecule has 2 rings (SSSR count). The molecule has 0 aromatic carbocycles. The largest absolute Gasteiger partial charge is 0.312 e. The molecule has 3 nitrogen and oxygen atoms in total. The molecule has 0 aromatic heterocycles. The van der Waals surface area contributed by atoms with E-state index in [1.165, 1.54) is 38.8 Å². The summed E-state index contributed by atoms with van der Waals surface area (Å²) in [6.07, 6.45) is 5.39. The number of hydrogen-bond donors (Lipinski definition) is 1. The Labute approximate surface area is 107 Å². The Balaban J connectivity index is 1.92. The van der Waals surface area contributed by atoms with Gasteiger partial charge in [0.05, 0.1) is 0 Å². The van der Waals surface area contributed by atoms with Crippen LogP contribution >= 0.6 is 0 Å². The van der Waals surface area contributed by atoms with Gasteiger partial charge in [-0.05, 0) is 60.2 Å². The predicted octanol–water partition coefficient (Wildman–Crippen LogP) is 1.54. The van der Waals surface area contributed by atoms with Crippen LogP contribution in [0.5, 0.6) is 0 Å². The van der Waals surface area contributed by atoms with Crippen molar-refractivity contribution >= 4 is 0 Å². The van der Waals surface area contributed by atoms with E-state index < -0.39 is 0 Å². The van der Waals surface area contributed by atoms with E-state index in [0.29, 0.717) is 12.1 Å². The van der Waals surface area contributed by atoms with Gasteiger partial charge in [-0.3, -0.25) is 4.90 Å². The van der Waals surface area contributed by atoms with Gasteiger partial charge in [0.2, 0.25) is 0 Å². The zero-order chi connectivity index (χ0) is 12.4. The molecule has 2 saturated heterocycles. The van der Waals surface area contributed by atoms with Gasteiger partial charge < -0.3 is 10.2 Å². The van der Waals surface area contributed by atoms with Gasteiger partial charge in [0.25, 0.3) is 0 Å². The first-order chi connectivity index (χ1) is 8.06. The third-order valence-electron chi connectivity index (χ3n) is 4.49. The van der Waals surface area contributed by atoms with Gasteiger partial charge in [-0.15, -0.1) is 0 Å². The van der Waals surface area contributed by atoms with E-state index in [1.807, 2.05) is 0 Å². The van der Waals surface area contributed by atoms with E-state index in [1.54, 1.807) is 0 Å². The Morgan fingerprint density at radius 1 is 1.12 bits per heavy atom. The maximum Gasteiger partial charge on any atom is 0.0217 e. The predicted molar refractivity (Wildman–Crippen MR) is 73.4 cm³/mol. The smallest absolute Gasteiger partial charge is 0.0217 e. The number of hydrogen-bond acceptors (Lipinski definition) is 3. The van der Waals surface area contributed by atoms with Gasteiger partial charge >= 0.3 is 0 Å². The quantitative estimate of drug-likeness (QED) is 0.788. The fourth-order valence-corrected chi connectivity index (χ4v) is 3.57. The lowest BCUT2D eigenvalue weighted by Gasteiger charge is -2.44. The lowest BCUT2D eigenvalue weighted by atomic mass is 9.91. The van der Waals surface area contributed by atoms with Crippen LogP contribution < -0.4 is 5.32 Å². The first-order valence-corrected chi connectivity index (χ1v) is 7.22. The molecule has 0 saturated carbocycles. The molecule has 3 unspecified atom stereocenters. The number of piperidine rings is 2. The summed E-state index contributed by atoms with van der Waals surface area (Å²) >= 11 is 0. The van der Waals surface area contributed by atoms with Crippen LogP contribution in [0.1, 0.15) is 39.5 Å². The van der Waals surface area contributed by atoms with Gasteiger partial charge in [0.1, 0.15) is 0 Å². The van der Waals surface area contributed by atoms with Crippen molar-refractivity contribution in [2.45, 2.75) is 63.7 Å². The first-order valence-electron chi connectivity index (χ1n) is 7.22. The molecule has 100 valence electrons. The number of nitrogens with one attached hydrogen (secondary N) is 1. The van der Waals surface area contributed by atoms with Crippen molar-refractivity contribution in [3.63, 3.8) is 0 Å². The molecule has 0 bridgehead atoms. The van der Waals surface area contributed by atoms with E-state index in [2.05, 4.69) is 43.1 Å². The lowest BCUT2D eigenvalue weighted by molar-refractivity contribution is 0.0665. The first kappa shape index (κ1) is 13.3. The van der Waals surface area contributed by atoms with E-state index >= 15 is 0 Å². The fourth-order valence-electron chi connectivity index (χ4n) is 3.57. The van der Waals surface area contributed by atoms with Gasteiger partial charge in [-0.2, -0.15) is 0 Å². The molecule has 0 aromatic rings. The van der Waals surface area contributed by atoms with Crippen molar-refractivity contribution in [1.29, 1.82) is 0 Å². The molecule has 0 spiro atoms. The minimum atomic E-state index is 0.684. The van der Waals surface area contributed by atoms with Crippen LogP contribution in [0.25, 0.3) is 0 Å². The van der Waals surface area contributed by atoms with E-state index in [4.69, 9.17) is 0 Å². The molecule has 2 aliphatic heterocycles. The third kappa shape index (κ3) is 3.43. The molecule has 0 aliphatic carbocycles. The summed E-state index contributed by atoms with van der Waals surface area (Å²) < 4.78 is 0. The molecular formula is C14H29N3. The molecular weight excluding hydrogens is 210 g/mol. The maximum absolute atomic E-state index is 3.65. The number of nitrogens with zero attached hydrogens (tertiary/aromatic N) is 2. The summed E-state index contributed by atoms with van der Waals surface area (Å²) in [6.45, 7) is 7.25. The zero-order valence-electron chi connectivity index (χ0n) is 11.9. The molecule has 17 heavy (non-hydrogen) atoms. The van der Waals surface area contributed by atoms with Gasteiger partial charge in [-0.25, -0.2) is 0 Å². The monoisotopic (exact) mass is 239 g/mol. The highest BCUT2D eigenvalue weighted by Gasteiger charge is 2.31. The van der Waals surface area contributed by atoms with Crippen LogP contribution in [0.2, 0.25) is 0 Å². The Morgan fingerprint density at radius 2 is 1.76 bits per heavy atom. The van der Waals surface area contributed by atoms with Crippen LogP contribution in [0, 0.1) is 0 Å². The minimum absolute atomic E-state index is 0.684. The van der Waals surface area contributed by atoms with Gasteiger partial charge in [0.15, 0.2) is 0 Å². The molecule has 0 radical (unpaired) electrons. The summed E-state index contributed by atoms with van der Waals surface area (Å²) in [5.41, 5.74) is 0. The van der Waals surface area contributed by atoms with Crippen molar-refractivity contribution in [3.8, 4) is 0 Å². The molecule has 0 amide bonds. The van der Waals surface area contributed by atoms with Crippen molar-refractivity contribution < 1.29 is 0 Å². The highest BCUT2D eigenvalue weighted by molar-refractivity contribution is 4.90. The molecule has 2 aliphatic rings. The second kappa shape index (κ2) is 5.68. The number of rotatable bonds is 2. The standard InChI is InChI=1S/C14H29N3/c1-11-8-14(9-12(2)15-11)17-7-5-6-13(10-17)16(3)4/h11-15H,5-10H2,1-4H3. The average molecular weight is 239 g/mol. The van der Waals surface area contributed by atoms with E-state index in [0.717, 1.165) is 12.1 Å². The Bertz CT molecular complexity index is 232. The number of likely N-dealkylation sites (tertiary alicyclic amines) is 1. The Hall–Kier alpha value is -0.120. The Kier molecular flexibility index (Phi) is 4.45. The maximum atomic E-state index is 3.65. The molecule has 3 heteroatoms. The Morgan fingerprint density at radius 3 is 2.35 bits per heavy atom. The normalized spacial score (nSPS) is 40.8. The minimum Gasteiger partial charge on any atom is -0.312 e. The topological polar surface area (TPSA) is 18.5 Å². The summed E-state index contributed by atoms with van der Waals surface area (Å²) in [5.74, 6) is 0. The lowest BCUT2D eigenvalue weighted by Crippen LogP contribution is -2.55. The van der Waals surface area contributed by atoms with Crippen LogP contribution in [-0.4, -0.2) is 61.2 Å². The van der Waals surface area contributed by atoms with Gasteiger partial charge in [-0.1, -0.05) is 0 Å². The molecule has 3 atom stereocenters. The van der Waals surface area contributed by atoms with Crippen LogP contribution in [0.4, 0.5) is 0 Å². The van der Waals surface area contributed by atoms with Crippen molar-refractivity contribution in [2.24, 2.45) is 0 Å². The van der Waals surface area contributed by atoms with Crippen molar-refractivity contribution in [1.82, 2.24) is 15.1 Å². The van der Waals surface area contributed by atoms with E-state index in [9.17, 15) is 0 Å². The fraction of sp³-hybridized carbons (Fsp3) is 1.00. The number of likely N-dealkylation sites (N-methyl/N-ethyl adjacent to an activating group) is 1. The molecule has 1 N–H and O–H groups in total. The van der Waals surface area contributed by atoms with E-state index in [-0.39, 0.29) is 0 Å². The van der Waals surface area contributed by atoms with Crippen LogP contribution in [-0.2, 0) is 0 Å². The van der Waals surface area contributed by atoms with Crippen molar-refractivity contribution in [2.75, 3.05) is 27.2 Å². The molecule has 2 heterocycles. The van der Waals surface area contributed by atoms with Crippen LogP contribution in [0.15, 0.2) is 0 Å². The summed E-state index contributed by atoms with van der Waals surface area (Å²) in [5, 5.41) is 3.65. The van der Waals surface area contributed by atoms with Gasteiger partial charge in [0, 0.05) is 30.7 Å².